The number of ether oxygens (including phenoxy) is 1. The lowest BCUT2D eigenvalue weighted by Crippen LogP contribution is -2.50. The van der Waals surface area contributed by atoms with Crippen LogP contribution in [0.4, 0.5) is 0 Å². The van der Waals surface area contributed by atoms with E-state index in [0.29, 0.717) is 21.8 Å². The van der Waals surface area contributed by atoms with E-state index >= 15 is 0 Å². The highest BCUT2D eigenvalue weighted by molar-refractivity contribution is 9.10. The molecule has 0 unspecified atom stereocenters. The van der Waals surface area contributed by atoms with Crippen LogP contribution in [0.3, 0.4) is 0 Å². The summed E-state index contributed by atoms with van der Waals surface area (Å²) >= 11 is 9.34. The van der Waals surface area contributed by atoms with E-state index < -0.39 is 6.04 Å². The fourth-order valence-electron chi connectivity index (χ4n) is 2.75. The van der Waals surface area contributed by atoms with Crippen molar-refractivity contribution < 1.29 is 14.3 Å². The van der Waals surface area contributed by atoms with E-state index in [1.807, 2.05) is 45.0 Å². The molecule has 0 aliphatic heterocycles. The normalized spacial score (nSPS) is 12.7. The van der Waals surface area contributed by atoms with Crippen LogP contribution in [0.1, 0.15) is 38.3 Å². The molecule has 0 spiro atoms. The average molecular weight is 496 g/mol. The molecule has 2 aromatic carbocycles. The minimum Gasteiger partial charge on any atom is -0.483 e. The molecule has 0 heterocycles. The first-order chi connectivity index (χ1) is 14.2. The maximum Gasteiger partial charge on any atom is 0.261 e. The van der Waals surface area contributed by atoms with Gasteiger partial charge in [0.15, 0.2) is 6.61 Å². The number of rotatable bonds is 9. The van der Waals surface area contributed by atoms with Gasteiger partial charge in [-0.2, -0.15) is 0 Å². The Balaban J connectivity index is 2.16. The molecule has 0 radical (unpaired) electrons. The fraction of sp³-hybridized carbons (Fsp3) is 0.391. The molecular weight excluding hydrogens is 468 g/mol. The van der Waals surface area contributed by atoms with Crippen LogP contribution in [0, 0.1) is 6.92 Å². The number of amides is 2. The number of nitrogens with zero attached hydrogens (tertiary/aromatic N) is 1. The van der Waals surface area contributed by atoms with Crippen molar-refractivity contribution in [2.75, 3.05) is 6.61 Å². The van der Waals surface area contributed by atoms with E-state index in [4.69, 9.17) is 16.3 Å². The molecule has 2 atom stereocenters. The van der Waals surface area contributed by atoms with Crippen molar-refractivity contribution >= 4 is 39.3 Å². The summed E-state index contributed by atoms with van der Waals surface area (Å²) < 4.78 is 6.36. The molecule has 0 bridgehead atoms. The van der Waals surface area contributed by atoms with Gasteiger partial charge in [-0.05, 0) is 66.9 Å². The lowest BCUT2D eigenvalue weighted by Gasteiger charge is -2.29. The van der Waals surface area contributed by atoms with Crippen molar-refractivity contribution in [2.45, 2.75) is 52.7 Å². The molecule has 2 aromatic rings. The van der Waals surface area contributed by atoms with Crippen LogP contribution < -0.4 is 10.1 Å². The van der Waals surface area contributed by atoms with Crippen molar-refractivity contribution in [3.05, 3.63) is 63.1 Å². The maximum absolute atomic E-state index is 13.0. The Morgan fingerprint density at radius 3 is 2.43 bits per heavy atom. The van der Waals surface area contributed by atoms with E-state index in [9.17, 15) is 9.59 Å². The second-order valence-corrected chi connectivity index (χ2v) is 8.66. The molecule has 0 aliphatic rings. The first kappa shape index (κ1) is 24.2. The first-order valence-electron chi connectivity index (χ1n) is 9.94. The molecular formula is C23H28BrClN2O3. The molecule has 2 rings (SSSR count). The largest absolute Gasteiger partial charge is 0.483 e. The predicted molar refractivity (Wildman–Crippen MR) is 124 cm³/mol. The van der Waals surface area contributed by atoms with Crippen LogP contribution in [0.5, 0.6) is 5.75 Å². The lowest BCUT2D eigenvalue weighted by molar-refractivity contribution is -0.142. The molecule has 0 saturated heterocycles. The topological polar surface area (TPSA) is 58.6 Å². The average Bonchev–Trinajstić information content (AvgIpc) is 2.71. The number of halogens is 2. The minimum atomic E-state index is -0.634. The second kappa shape index (κ2) is 11.4. The Kier molecular flexibility index (Phi) is 9.18. The van der Waals surface area contributed by atoms with E-state index in [2.05, 4.69) is 21.2 Å². The molecule has 0 aliphatic carbocycles. The zero-order valence-electron chi connectivity index (χ0n) is 17.7. The van der Waals surface area contributed by atoms with Crippen molar-refractivity contribution in [1.82, 2.24) is 10.2 Å². The van der Waals surface area contributed by atoms with Gasteiger partial charge < -0.3 is 15.0 Å². The van der Waals surface area contributed by atoms with Gasteiger partial charge in [0.05, 0.1) is 4.47 Å². The molecule has 0 saturated carbocycles. The van der Waals surface area contributed by atoms with E-state index in [-0.39, 0.29) is 24.5 Å². The Hall–Kier alpha value is -2.05. The first-order valence-corrected chi connectivity index (χ1v) is 11.1. The van der Waals surface area contributed by atoms with Crippen LogP contribution in [0.15, 0.2) is 46.9 Å². The maximum atomic E-state index is 13.0. The highest BCUT2D eigenvalue weighted by atomic mass is 79.9. The zero-order chi connectivity index (χ0) is 22.3. The van der Waals surface area contributed by atoms with Gasteiger partial charge in [0, 0.05) is 17.6 Å². The summed E-state index contributed by atoms with van der Waals surface area (Å²) in [6.07, 6.45) is 0.818. The summed E-state index contributed by atoms with van der Waals surface area (Å²) in [5, 5.41) is 3.52. The monoisotopic (exact) mass is 494 g/mol. The van der Waals surface area contributed by atoms with Crippen molar-refractivity contribution in [1.29, 1.82) is 0 Å². The standard InChI is InChI=1S/C23H28BrClN2O3/c1-5-16(3)26-23(29)17(4)27(13-18-8-6-15(2)7-9-18)22(28)14-30-21-11-10-19(25)12-20(21)24/h6-12,16-17H,5,13-14H2,1-4H3,(H,26,29)/t16-,17+/m0/s1. The second-order valence-electron chi connectivity index (χ2n) is 7.36. The molecule has 5 nitrogen and oxygen atoms in total. The highest BCUT2D eigenvalue weighted by Gasteiger charge is 2.27. The SMILES string of the molecule is CC[C@H](C)NC(=O)[C@@H](C)N(Cc1ccc(C)cc1)C(=O)COc1ccc(Cl)cc1Br. The van der Waals surface area contributed by atoms with Gasteiger partial charge >= 0.3 is 0 Å². The van der Waals surface area contributed by atoms with Gasteiger partial charge in [-0.15, -0.1) is 0 Å². The molecule has 1 N–H and O–H groups in total. The fourth-order valence-corrected chi connectivity index (χ4v) is 3.55. The summed E-state index contributed by atoms with van der Waals surface area (Å²) in [6, 6.07) is 12.4. The van der Waals surface area contributed by atoms with E-state index in [1.165, 1.54) is 0 Å². The highest BCUT2D eigenvalue weighted by Crippen LogP contribution is 2.28. The molecule has 162 valence electrons. The van der Waals surface area contributed by atoms with E-state index in [0.717, 1.165) is 17.5 Å². The van der Waals surface area contributed by atoms with Gasteiger partial charge in [0.1, 0.15) is 11.8 Å². The van der Waals surface area contributed by atoms with Crippen LogP contribution in [0.2, 0.25) is 5.02 Å². The summed E-state index contributed by atoms with van der Waals surface area (Å²) in [4.78, 5) is 27.3. The smallest absolute Gasteiger partial charge is 0.261 e. The minimum absolute atomic E-state index is 0.0394. The Labute approximate surface area is 191 Å². The Bertz CT molecular complexity index is 873. The van der Waals surface area contributed by atoms with Crippen LogP contribution >= 0.6 is 27.5 Å². The van der Waals surface area contributed by atoms with Crippen molar-refractivity contribution in [3.8, 4) is 5.75 Å². The number of hydrogen-bond acceptors (Lipinski definition) is 3. The summed E-state index contributed by atoms with van der Waals surface area (Å²) in [5.41, 5.74) is 2.08. The number of carbonyl (C=O) groups excluding carboxylic acids is 2. The third kappa shape index (κ3) is 7.03. The van der Waals surface area contributed by atoms with Gasteiger partial charge in [-0.25, -0.2) is 0 Å². The number of benzene rings is 2. The van der Waals surface area contributed by atoms with Crippen LogP contribution in [-0.4, -0.2) is 35.4 Å². The van der Waals surface area contributed by atoms with Crippen molar-refractivity contribution in [3.63, 3.8) is 0 Å². The van der Waals surface area contributed by atoms with Crippen LogP contribution in [-0.2, 0) is 16.1 Å². The third-order valence-corrected chi connectivity index (χ3v) is 5.74. The Morgan fingerprint density at radius 1 is 1.17 bits per heavy atom. The molecule has 30 heavy (non-hydrogen) atoms. The van der Waals surface area contributed by atoms with Gasteiger partial charge in [-0.3, -0.25) is 9.59 Å². The lowest BCUT2D eigenvalue weighted by atomic mass is 10.1. The number of aryl methyl sites for hydroxylation is 1. The zero-order valence-corrected chi connectivity index (χ0v) is 20.1. The number of nitrogens with one attached hydrogen (secondary N) is 1. The Morgan fingerprint density at radius 2 is 1.83 bits per heavy atom. The van der Waals surface area contributed by atoms with Crippen LogP contribution in [0.25, 0.3) is 0 Å². The molecule has 7 heteroatoms. The van der Waals surface area contributed by atoms with Crippen molar-refractivity contribution in [2.24, 2.45) is 0 Å². The van der Waals surface area contributed by atoms with E-state index in [1.54, 1.807) is 30.0 Å². The van der Waals surface area contributed by atoms with Gasteiger partial charge in [0.2, 0.25) is 5.91 Å². The summed E-state index contributed by atoms with van der Waals surface area (Å²) in [6.45, 7) is 7.82. The number of carbonyl (C=O) groups is 2. The molecule has 2 amide bonds. The quantitative estimate of drug-likeness (QED) is 0.525. The number of hydrogen-bond donors (Lipinski definition) is 1. The molecule has 0 aromatic heterocycles. The van der Waals surface area contributed by atoms with Gasteiger partial charge in [-0.1, -0.05) is 48.4 Å². The molecule has 0 fully saturated rings. The summed E-state index contributed by atoms with van der Waals surface area (Å²) in [7, 11) is 0. The third-order valence-electron chi connectivity index (χ3n) is 4.89. The van der Waals surface area contributed by atoms with Gasteiger partial charge in [0.25, 0.3) is 5.91 Å². The predicted octanol–water partition coefficient (Wildman–Crippen LogP) is 5.12. The summed E-state index contributed by atoms with van der Waals surface area (Å²) in [5.74, 6) is 0.0569.